The number of anilines is 1. The van der Waals surface area contributed by atoms with Crippen LogP contribution in [0.3, 0.4) is 0 Å². The molecule has 1 aliphatic carbocycles. The van der Waals surface area contributed by atoms with Crippen LogP contribution in [-0.2, 0) is 16.1 Å². The molecule has 2 aromatic rings. The Bertz CT molecular complexity index is 937. The van der Waals surface area contributed by atoms with Gasteiger partial charge < -0.3 is 24.8 Å². The Labute approximate surface area is 169 Å². The van der Waals surface area contributed by atoms with E-state index in [2.05, 4.69) is 10.6 Å². The smallest absolute Gasteiger partial charge is 0.240 e. The summed E-state index contributed by atoms with van der Waals surface area (Å²) in [6.45, 7) is 4.36. The number of ether oxygens (including phenoxy) is 3. The minimum atomic E-state index is -1.03. The summed E-state index contributed by atoms with van der Waals surface area (Å²) >= 11 is 0. The summed E-state index contributed by atoms with van der Waals surface area (Å²) < 4.78 is 16.4. The molecule has 0 radical (unpaired) electrons. The van der Waals surface area contributed by atoms with Crippen molar-refractivity contribution < 1.29 is 23.8 Å². The maximum Gasteiger partial charge on any atom is 0.240 e. The minimum Gasteiger partial charge on any atom is -0.489 e. The maximum atomic E-state index is 12.9. The van der Waals surface area contributed by atoms with E-state index in [1.807, 2.05) is 44.2 Å². The third kappa shape index (κ3) is 3.99. The van der Waals surface area contributed by atoms with E-state index in [1.54, 1.807) is 12.1 Å². The van der Waals surface area contributed by atoms with E-state index in [-0.39, 0.29) is 24.7 Å². The van der Waals surface area contributed by atoms with Crippen LogP contribution in [0.2, 0.25) is 0 Å². The van der Waals surface area contributed by atoms with Gasteiger partial charge in [-0.25, -0.2) is 0 Å². The Morgan fingerprint density at radius 1 is 1.07 bits per heavy atom. The summed E-state index contributed by atoms with van der Waals surface area (Å²) in [7, 11) is 0. The van der Waals surface area contributed by atoms with Gasteiger partial charge in [0.05, 0.1) is 11.8 Å². The number of carbonyl (C=O) groups is 2. The lowest BCUT2D eigenvalue weighted by Crippen LogP contribution is -2.39. The molecule has 2 aromatic carbocycles. The molecule has 1 fully saturated rings. The Morgan fingerprint density at radius 2 is 1.83 bits per heavy atom. The normalized spacial score (nSPS) is 15.7. The molecule has 1 aliphatic heterocycles. The van der Waals surface area contributed by atoms with Crippen LogP contribution in [0.5, 0.6) is 17.2 Å². The van der Waals surface area contributed by atoms with E-state index >= 15 is 0 Å². The molecule has 7 heteroatoms. The molecule has 7 nitrogen and oxygen atoms in total. The largest absolute Gasteiger partial charge is 0.489 e. The van der Waals surface area contributed by atoms with Crippen molar-refractivity contribution in [3.05, 3.63) is 48.0 Å². The van der Waals surface area contributed by atoms with Crippen molar-refractivity contribution in [2.75, 3.05) is 12.1 Å². The number of hydrogen-bond donors (Lipinski definition) is 2. The molecule has 29 heavy (non-hydrogen) atoms. The second-order valence-corrected chi connectivity index (χ2v) is 7.57. The number of para-hydroxylation sites is 2. The van der Waals surface area contributed by atoms with Crippen LogP contribution < -0.4 is 24.8 Å². The van der Waals surface area contributed by atoms with Gasteiger partial charge in [0.25, 0.3) is 0 Å². The lowest BCUT2D eigenvalue weighted by atomic mass is 10.0. The molecule has 2 aliphatic rings. The molecule has 4 rings (SSSR count). The summed E-state index contributed by atoms with van der Waals surface area (Å²) in [4.78, 5) is 25.6. The first kappa shape index (κ1) is 19.1. The van der Waals surface area contributed by atoms with Crippen molar-refractivity contribution >= 4 is 17.5 Å². The third-order valence-electron chi connectivity index (χ3n) is 5.01. The number of carbonyl (C=O) groups excluding carboxylic acids is 2. The lowest BCUT2D eigenvalue weighted by Gasteiger charge is -2.18. The SMILES string of the molecule is CC(C)Oc1ccccc1NC(=O)C1(C(=O)NCc2ccc3c(c2)OCO3)CC1. The van der Waals surface area contributed by atoms with Crippen molar-refractivity contribution in [1.29, 1.82) is 0 Å². The number of nitrogens with one attached hydrogen (secondary N) is 2. The minimum absolute atomic E-state index is 0.0204. The highest BCUT2D eigenvalue weighted by Gasteiger charge is 2.56. The van der Waals surface area contributed by atoms with Gasteiger partial charge in [0.1, 0.15) is 11.2 Å². The van der Waals surface area contributed by atoms with E-state index in [0.717, 1.165) is 5.56 Å². The molecule has 0 aromatic heterocycles. The second-order valence-electron chi connectivity index (χ2n) is 7.57. The number of hydrogen-bond acceptors (Lipinski definition) is 5. The first-order valence-corrected chi connectivity index (χ1v) is 9.72. The van der Waals surface area contributed by atoms with Gasteiger partial charge in [-0.3, -0.25) is 9.59 Å². The maximum absolute atomic E-state index is 12.9. The Balaban J connectivity index is 1.39. The summed E-state index contributed by atoms with van der Waals surface area (Å²) in [6.07, 6.45) is 1.03. The fourth-order valence-corrected chi connectivity index (χ4v) is 3.25. The van der Waals surface area contributed by atoms with Gasteiger partial charge >= 0.3 is 0 Å². The highest BCUT2D eigenvalue weighted by atomic mass is 16.7. The standard InChI is InChI=1S/C22H24N2O5/c1-14(2)29-17-6-4-3-5-16(17)24-21(26)22(9-10-22)20(25)23-12-15-7-8-18-19(11-15)28-13-27-18/h3-8,11,14H,9-10,12-13H2,1-2H3,(H,23,25)(H,24,26). The van der Waals surface area contributed by atoms with Crippen LogP contribution in [-0.4, -0.2) is 24.7 Å². The van der Waals surface area contributed by atoms with E-state index in [0.29, 0.717) is 42.3 Å². The number of benzene rings is 2. The van der Waals surface area contributed by atoms with Crippen molar-refractivity contribution in [2.45, 2.75) is 39.3 Å². The zero-order valence-electron chi connectivity index (χ0n) is 16.5. The van der Waals surface area contributed by atoms with E-state index < -0.39 is 5.41 Å². The molecular weight excluding hydrogens is 372 g/mol. The predicted molar refractivity (Wildman–Crippen MR) is 107 cm³/mol. The van der Waals surface area contributed by atoms with Crippen molar-refractivity contribution in [3.63, 3.8) is 0 Å². The average molecular weight is 396 g/mol. The van der Waals surface area contributed by atoms with Gasteiger partial charge in [0.2, 0.25) is 18.6 Å². The quantitative estimate of drug-likeness (QED) is 0.702. The second kappa shape index (κ2) is 7.66. The van der Waals surface area contributed by atoms with Crippen LogP contribution >= 0.6 is 0 Å². The van der Waals surface area contributed by atoms with Crippen molar-refractivity contribution in [1.82, 2.24) is 5.32 Å². The molecule has 1 heterocycles. The van der Waals surface area contributed by atoms with E-state index in [4.69, 9.17) is 14.2 Å². The number of fused-ring (bicyclic) bond motifs is 1. The molecule has 0 unspecified atom stereocenters. The highest BCUT2D eigenvalue weighted by Crippen LogP contribution is 2.47. The summed E-state index contributed by atoms with van der Waals surface area (Å²) in [5, 5.41) is 5.75. The Morgan fingerprint density at radius 3 is 2.59 bits per heavy atom. The van der Waals surface area contributed by atoms with Crippen molar-refractivity contribution in [3.8, 4) is 17.2 Å². The topological polar surface area (TPSA) is 85.9 Å². The van der Waals surface area contributed by atoms with Gasteiger partial charge in [-0.15, -0.1) is 0 Å². The van der Waals surface area contributed by atoms with E-state index in [9.17, 15) is 9.59 Å². The molecule has 0 atom stereocenters. The molecule has 152 valence electrons. The van der Waals surface area contributed by atoms with Gasteiger partial charge in [0, 0.05) is 6.54 Å². The molecule has 0 bridgehead atoms. The molecule has 1 saturated carbocycles. The van der Waals surface area contributed by atoms with Gasteiger partial charge in [-0.05, 0) is 56.5 Å². The fourth-order valence-electron chi connectivity index (χ4n) is 3.25. The summed E-state index contributed by atoms with van der Waals surface area (Å²) in [6, 6.07) is 12.8. The van der Waals surface area contributed by atoms with Crippen molar-refractivity contribution in [2.24, 2.45) is 5.41 Å². The van der Waals surface area contributed by atoms with Crippen LogP contribution in [0.1, 0.15) is 32.3 Å². The fraction of sp³-hybridized carbons (Fsp3) is 0.364. The summed E-state index contributed by atoms with van der Waals surface area (Å²) in [5.41, 5.74) is 0.428. The molecule has 0 spiro atoms. The lowest BCUT2D eigenvalue weighted by molar-refractivity contribution is -0.134. The Hall–Kier alpha value is -3.22. The average Bonchev–Trinajstić information content (AvgIpc) is 3.39. The third-order valence-corrected chi connectivity index (χ3v) is 5.01. The number of rotatable bonds is 7. The van der Waals surface area contributed by atoms with Gasteiger partial charge in [-0.2, -0.15) is 0 Å². The first-order valence-electron chi connectivity index (χ1n) is 9.72. The zero-order chi connectivity index (χ0) is 20.4. The highest BCUT2D eigenvalue weighted by molar-refractivity contribution is 6.13. The molecule has 0 saturated heterocycles. The van der Waals surface area contributed by atoms with Crippen LogP contribution in [0, 0.1) is 5.41 Å². The number of amides is 2. The summed E-state index contributed by atoms with van der Waals surface area (Å²) in [5.74, 6) is 1.38. The van der Waals surface area contributed by atoms with E-state index in [1.165, 1.54) is 0 Å². The molecule has 2 amide bonds. The first-order chi connectivity index (χ1) is 14.0. The van der Waals surface area contributed by atoms with Crippen LogP contribution in [0.25, 0.3) is 0 Å². The predicted octanol–water partition coefficient (Wildman–Crippen LogP) is 3.24. The zero-order valence-corrected chi connectivity index (χ0v) is 16.5. The van der Waals surface area contributed by atoms with Crippen LogP contribution in [0.15, 0.2) is 42.5 Å². The van der Waals surface area contributed by atoms with Crippen LogP contribution in [0.4, 0.5) is 5.69 Å². The van der Waals surface area contributed by atoms with Gasteiger partial charge in [0.15, 0.2) is 11.5 Å². The Kier molecular flexibility index (Phi) is 5.05. The molecular formula is C22H24N2O5. The van der Waals surface area contributed by atoms with Gasteiger partial charge in [-0.1, -0.05) is 18.2 Å². The molecule has 2 N–H and O–H groups in total. The monoisotopic (exact) mass is 396 g/mol.